The van der Waals surface area contributed by atoms with Crippen molar-refractivity contribution in [1.29, 1.82) is 0 Å². The van der Waals surface area contributed by atoms with E-state index in [9.17, 15) is 19.7 Å². The summed E-state index contributed by atoms with van der Waals surface area (Å²) >= 11 is 0. The van der Waals surface area contributed by atoms with Crippen molar-refractivity contribution < 1.29 is 14.5 Å². The number of likely N-dealkylation sites (N-methyl/N-ethyl adjacent to an activating group) is 1. The number of carbonyl (C=O) groups excluding carboxylic acids is 2. The van der Waals surface area contributed by atoms with Crippen molar-refractivity contribution in [3.63, 3.8) is 0 Å². The molecule has 1 heterocycles. The summed E-state index contributed by atoms with van der Waals surface area (Å²) in [5.74, 6) is -0.785. The molecular formula is C18H20N4O4. The second-order valence-electron chi connectivity index (χ2n) is 5.83. The molecule has 26 heavy (non-hydrogen) atoms. The number of amides is 2. The number of pyridine rings is 1. The van der Waals surface area contributed by atoms with Gasteiger partial charge in [-0.1, -0.05) is 12.1 Å². The number of benzene rings is 1. The van der Waals surface area contributed by atoms with E-state index in [0.29, 0.717) is 13.0 Å². The molecule has 8 nitrogen and oxygen atoms in total. The van der Waals surface area contributed by atoms with Crippen molar-refractivity contribution in [1.82, 2.24) is 15.2 Å². The fraction of sp³-hybridized carbons (Fsp3) is 0.278. The Morgan fingerprint density at radius 2 is 2.04 bits per heavy atom. The van der Waals surface area contributed by atoms with Gasteiger partial charge in [-0.05, 0) is 25.1 Å². The zero-order valence-corrected chi connectivity index (χ0v) is 14.6. The monoisotopic (exact) mass is 356 g/mol. The van der Waals surface area contributed by atoms with Crippen LogP contribution in [0, 0.1) is 10.1 Å². The van der Waals surface area contributed by atoms with E-state index < -0.39 is 16.9 Å². The third-order valence-corrected chi connectivity index (χ3v) is 3.84. The van der Waals surface area contributed by atoms with E-state index in [1.54, 1.807) is 20.2 Å². The lowest BCUT2D eigenvalue weighted by Gasteiger charge is -2.22. The molecule has 0 radical (unpaired) electrons. The number of carbonyl (C=O) groups is 2. The quantitative estimate of drug-likeness (QED) is 0.602. The molecule has 2 rings (SSSR count). The second-order valence-corrected chi connectivity index (χ2v) is 5.83. The number of nitrogens with one attached hydrogen (secondary N) is 1. The number of nitrogens with zero attached hydrogens (tertiary/aromatic N) is 3. The molecule has 8 heteroatoms. The van der Waals surface area contributed by atoms with Crippen LogP contribution in [0.1, 0.15) is 23.0 Å². The van der Waals surface area contributed by atoms with Gasteiger partial charge in [0.25, 0.3) is 11.6 Å². The normalized spacial score (nSPS) is 11.5. The molecule has 2 amide bonds. The Morgan fingerprint density at radius 1 is 1.27 bits per heavy atom. The lowest BCUT2D eigenvalue weighted by molar-refractivity contribution is -0.384. The molecule has 0 bridgehead atoms. The number of rotatable bonds is 7. The van der Waals surface area contributed by atoms with Crippen LogP contribution in [0.2, 0.25) is 0 Å². The molecular weight excluding hydrogens is 336 g/mol. The highest BCUT2D eigenvalue weighted by Crippen LogP contribution is 2.13. The van der Waals surface area contributed by atoms with Gasteiger partial charge in [0.2, 0.25) is 5.91 Å². The van der Waals surface area contributed by atoms with Gasteiger partial charge in [-0.25, -0.2) is 0 Å². The summed E-state index contributed by atoms with van der Waals surface area (Å²) in [6.07, 6.45) is 2.30. The Balaban J connectivity index is 1.92. The summed E-state index contributed by atoms with van der Waals surface area (Å²) in [5, 5.41) is 13.4. The molecule has 136 valence electrons. The zero-order chi connectivity index (χ0) is 19.1. The maximum Gasteiger partial charge on any atom is 0.270 e. The number of nitro groups is 1. The van der Waals surface area contributed by atoms with Crippen LogP contribution in [0.3, 0.4) is 0 Å². The number of nitro benzene ring substituents is 1. The molecule has 0 spiro atoms. The van der Waals surface area contributed by atoms with Crippen molar-refractivity contribution >= 4 is 17.5 Å². The van der Waals surface area contributed by atoms with Crippen LogP contribution < -0.4 is 5.32 Å². The predicted molar refractivity (Wildman–Crippen MR) is 95.6 cm³/mol. The molecule has 1 aromatic heterocycles. The summed E-state index contributed by atoms with van der Waals surface area (Å²) in [5.41, 5.74) is 0.833. The van der Waals surface area contributed by atoms with Crippen LogP contribution in [0.25, 0.3) is 0 Å². The number of hydrogen-bond acceptors (Lipinski definition) is 5. The highest BCUT2D eigenvalue weighted by Gasteiger charge is 2.21. The van der Waals surface area contributed by atoms with Gasteiger partial charge in [-0.3, -0.25) is 24.7 Å². The number of non-ortho nitro benzene ring substituents is 1. The third kappa shape index (κ3) is 5.10. The highest BCUT2D eigenvalue weighted by molar-refractivity contribution is 5.97. The van der Waals surface area contributed by atoms with E-state index in [-0.39, 0.29) is 17.2 Å². The fourth-order valence-electron chi connectivity index (χ4n) is 2.37. The average Bonchev–Trinajstić information content (AvgIpc) is 2.66. The summed E-state index contributed by atoms with van der Waals surface area (Å²) in [6.45, 7) is 2.04. The number of hydrogen-bond donors (Lipinski definition) is 1. The molecule has 0 fully saturated rings. The minimum atomic E-state index is -0.754. The van der Waals surface area contributed by atoms with E-state index >= 15 is 0 Å². The molecule has 0 aliphatic carbocycles. The summed E-state index contributed by atoms with van der Waals surface area (Å²) in [6, 6.07) is 10.2. The van der Waals surface area contributed by atoms with Gasteiger partial charge in [0.05, 0.1) is 4.92 Å². The molecule has 2 aromatic rings. The summed E-state index contributed by atoms with van der Waals surface area (Å²) in [7, 11) is 1.65. The fourth-order valence-corrected chi connectivity index (χ4v) is 2.37. The van der Waals surface area contributed by atoms with E-state index in [1.165, 1.54) is 29.2 Å². The molecule has 1 N–H and O–H groups in total. The Morgan fingerprint density at radius 3 is 2.69 bits per heavy atom. The smallest absolute Gasteiger partial charge is 0.270 e. The van der Waals surface area contributed by atoms with Crippen molar-refractivity contribution in [3.8, 4) is 0 Å². The van der Waals surface area contributed by atoms with Crippen LogP contribution in [0.4, 0.5) is 5.69 Å². The topological polar surface area (TPSA) is 105 Å². The van der Waals surface area contributed by atoms with Crippen LogP contribution >= 0.6 is 0 Å². The maximum absolute atomic E-state index is 12.4. The molecule has 0 aliphatic rings. The molecule has 0 aliphatic heterocycles. The largest absolute Gasteiger partial charge is 0.344 e. The first-order valence-electron chi connectivity index (χ1n) is 8.08. The molecule has 1 aromatic carbocycles. The Kier molecular flexibility index (Phi) is 6.37. The maximum atomic E-state index is 12.4. The molecule has 1 atom stereocenters. The highest BCUT2D eigenvalue weighted by atomic mass is 16.6. The SMILES string of the molecule is CC(NC(=O)c1cccc([N+](=O)[O-])c1)C(=O)N(C)CCc1ccccn1. The summed E-state index contributed by atoms with van der Waals surface area (Å²) in [4.78, 5) is 40.6. The van der Waals surface area contributed by atoms with E-state index in [0.717, 1.165) is 5.69 Å². The van der Waals surface area contributed by atoms with Crippen molar-refractivity contribution in [2.75, 3.05) is 13.6 Å². The Bertz CT molecular complexity index is 795. The molecule has 0 saturated heterocycles. The van der Waals surface area contributed by atoms with Gasteiger partial charge < -0.3 is 10.2 Å². The Labute approximate surface area is 151 Å². The minimum Gasteiger partial charge on any atom is -0.344 e. The van der Waals surface area contributed by atoms with Gasteiger partial charge in [-0.15, -0.1) is 0 Å². The van der Waals surface area contributed by atoms with Gasteiger partial charge in [0.15, 0.2) is 0 Å². The van der Waals surface area contributed by atoms with Crippen LogP contribution in [0.15, 0.2) is 48.7 Å². The predicted octanol–water partition coefficient (Wildman–Crippen LogP) is 1.81. The average molecular weight is 356 g/mol. The molecule has 1 unspecified atom stereocenters. The lowest BCUT2D eigenvalue weighted by atomic mass is 10.1. The first-order chi connectivity index (χ1) is 12.4. The van der Waals surface area contributed by atoms with Crippen molar-refractivity contribution in [2.24, 2.45) is 0 Å². The number of aromatic nitrogens is 1. The van der Waals surface area contributed by atoms with E-state index in [1.807, 2.05) is 18.2 Å². The molecule has 0 saturated carbocycles. The zero-order valence-electron chi connectivity index (χ0n) is 14.6. The third-order valence-electron chi connectivity index (χ3n) is 3.84. The standard InChI is InChI=1S/C18H20N4O4/c1-13(18(24)21(2)11-9-15-7-3-4-10-19-15)20-17(23)14-6-5-8-16(12-14)22(25)26/h3-8,10,12-13H,9,11H2,1-2H3,(H,20,23). The van der Waals surface area contributed by atoms with Gasteiger partial charge >= 0.3 is 0 Å². The second kappa shape index (κ2) is 8.70. The van der Waals surface area contributed by atoms with Gasteiger partial charge in [-0.2, -0.15) is 0 Å². The summed E-state index contributed by atoms with van der Waals surface area (Å²) < 4.78 is 0. The first-order valence-corrected chi connectivity index (χ1v) is 8.08. The van der Waals surface area contributed by atoms with Crippen molar-refractivity contribution in [2.45, 2.75) is 19.4 Å². The Hall–Kier alpha value is -3.29. The first kappa shape index (κ1) is 19.0. The van der Waals surface area contributed by atoms with Gasteiger partial charge in [0, 0.05) is 49.6 Å². The van der Waals surface area contributed by atoms with Crippen LogP contribution in [-0.4, -0.2) is 46.3 Å². The lowest BCUT2D eigenvalue weighted by Crippen LogP contribution is -2.46. The van der Waals surface area contributed by atoms with Crippen LogP contribution in [-0.2, 0) is 11.2 Å². The minimum absolute atomic E-state index is 0.134. The van der Waals surface area contributed by atoms with E-state index in [2.05, 4.69) is 10.3 Å². The van der Waals surface area contributed by atoms with Crippen molar-refractivity contribution in [3.05, 3.63) is 70.0 Å². The van der Waals surface area contributed by atoms with Gasteiger partial charge in [0.1, 0.15) is 6.04 Å². The van der Waals surface area contributed by atoms with Crippen LogP contribution in [0.5, 0.6) is 0 Å². The van der Waals surface area contributed by atoms with E-state index in [4.69, 9.17) is 0 Å².